The fraction of sp³-hybridized carbons (Fsp3) is 0.706. The van der Waals surface area contributed by atoms with Crippen LogP contribution in [-0.4, -0.2) is 30.5 Å². The lowest BCUT2D eigenvalue weighted by Gasteiger charge is -2.33. The molecule has 1 aliphatic carbocycles. The van der Waals surface area contributed by atoms with Gasteiger partial charge in [-0.25, -0.2) is 0 Å². The summed E-state index contributed by atoms with van der Waals surface area (Å²) in [6.45, 7) is 2.85. The Kier molecular flexibility index (Phi) is 12.2. The van der Waals surface area contributed by atoms with Crippen LogP contribution in [-0.2, 0) is 28.7 Å². The van der Waals surface area contributed by atoms with E-state index < -0.39 is 41.6 Å². The van der Waals surface area contributed by atoms with E-state index in [1.807, 2.05) is 18.2 Å². The van der Waals surface area contributed by atoms with Crippen LogP contribution in [0.1, 0.15) is 145 Å². The third kappa shape index (κ3) is 8.65. The summed E-state index contributed by atoms with van der Waals surface area (Å²) < 4.78 is 15.8. The van der Waals surface area contributed by atoms with Crippen molar-refractivity contribution in [3.8, 4) is 5.75 Å². The second kappa shape index (κ2) is 16.1. The number of fused-ring (bicyclic) bond motifs is 3. The van der Waals surface area contributed by atoms with Gasteiger partial charge in [0, 0.05) is 0 Å². The largest absolute Gasteiger partial charge is 0.494 e. The Bertz CT molecular complexity index is 1050. The van der Waals surface area contributed by atoms with Crippen molar-refractivity contribution in [1.82, 2.24) is 0 Å². The molecule has 2 fully saturated rings. The molecule has 4 rings (SSSR count). The second-order valence-corrected chi connectivity index (χ2v) is 12.2. The molecule has 0 aromatic heterocycles. The summed E-state index contributed by atoms with van der Waals surface area (Å²) in [4.78, 5) is 49.0. The number of ether oxygens (including phenoxy) is 3. The van der Waals surface area contributed by atoms with Crippen LogP contribution in [0.5, 0.6) is 5.75 Å². The van der Waals surface area contributed by atoms with E-state index in [2.05, 4.69) is 6.92 Å². The average molecular weight is 569 g/mol. The summed E-state index contributed by atoms with van der Waals surface area (Å²) in [7, 11) is 0. The van der Waals surface area contributed by atoms with Crippen LogP contribution in [0.4, 0.5) is 0 Å². The second-order valence-electron chi connectivity index (χ2n) is 12.2. The number of unbranched alkanes of at least 4 members (excludes halogenated alkanes) is 15. The van der Waals surface area contributed by atoms with Crippen molar-refractivity contribution in [2.75, 3.05) is 6.61 Å². The van der Waals surface area contributed by atoms with E-state index in [1.54, 1.807) is 0 Å². The highest BCUT2D eigenvalue weighted by Crippen LogP contribution is 2.51. The van der Waals surface area contributed by atoms with Crippen molar-refractivity contribution in [1.29, 1.82) is 0 Å². The fourth-order valence-corrected chi connectivity index (χ4v) is 6.79. The van der Waals surface area contributed by atoms with Gasteiger partial charge in [-0.15, -0.1) is 0 Å². The van der Waals surface area contributed by atoms with Crippen LogP contribution >= 0.6 is 0 Å². The number of carbonyl (C=O) groups is 4. The van der Waals surface area contributed by atoms with Crippen LogP contribution < -0.4 is 4.74 Å². The minimum absolute atomic E-state index is 0.0131. The molecule has 0 N–H and O–H groups in total. The van der Waals surface area contributed by atoms with Gasteiger partial charge in [-0.1, -0.05) is 109 Å². The van der Waals surface area contributed by atoms with Crippen LogP contribution in [0.2, 0.25) is 0 Å². The van der Waals surface area contributed by atoms with Crippen molar-refractivity contribution in [3.63, 3.8) is 0 Å². The van der Waals surface area contributed by atoms with Crippen molar-refractivity contribution >= 4 is 23.9 Å². The van der Waals surface area contributed by atoms with Crippen LogP contribution in [0, 0.1) is 11.8 Å². The summed E-state index contributed by atoms with van der Waals surface area (Å²) in [5, 5.41) is 0. The molecule has 41 heavy (non-hydrogen) atoms. The Morgan fingerprint density at radius 2 is 1.20 bits per heavy atom. The highest BCUT2D eigenvalue weighted by atomic mass is 16.6. The predicted molar refractivity (Wildman–Crippen MR) is 155 cm³/mol. The minimum atomic E-state index is -0.694. The zero-order valence-corrected chi connectivity index (χ0v) is 24.8. The van der Waals surface area contributed by atoms with E-state index in [9.17, 15) is 19.2 Å². The number of rotatable bonds is 19. The number of benzene rings is 1. The van der Waals surface area contributed by atoms with E-state index in [0.29, 0.717) is 17.9 Å². The smallest absolute Gasteiger partial charge is 0.321 e. The van der Waals surface area contributed by atoms with Gasteiger partial charge in [0.05, 0.1) is 30.8 Å². The number of hydrogen-bond acceptors (Lipinski definition) is 7. The van der Waals surface area contributed by atoms with Crippen LogP contribution in [0.15, 0.2) is 18.2 Å². The van der Waals surface area contributed by atoms with E-state index in [-0.39, 0.29) is 18.8 Å². The Balaban J connectivity index is 1.13. The molecule has 4 unspecified atom stereocenters. The first-order valence-electron chi connectivity index (χ1n) is 16.3. The highest BCUT2D eigenvalue weighted by Gasteiger charge is 2.53. The molecule has 2 aliphatic heterocycles. The minimum Gasteiger partial charge on any atom is -0.494 e. The predicted octanol–water partition coefficient (Wildman–Crippen LogP) is 7.69. The monoisotopic (exact) mass is 568 g/mol. The zero-order valence-electron chi connectivity index (χ0n) is 24.8. The van der Waals surface area contributed by atoms with Crippen molar-refractivity contribution < 1.29 is 33.4 Å². The third-order valence-corrected chi connectivity index (χ3v) is 9.12. The van der Waals surface area contributed by atoms with E-state index in [1.165, 1.54) is 89.9 Å². The van der Waals surface area contributed by atoms with E-state index in [4.69, 9.17) is 14.2 Å². The number of cyclic esters (lactones) is 4. The van der Waals surface area contributed by atoms with Gasteiger partial charge in [0.1, 0.15) is 5.75 Å². The lowest BCUT2D eigenvalue weighted by Crippen LogP contribution is -2.31. The van der Waals surface area contributed by atoms with Crippen molar-refractivity contribution in [3.05, 3.63) is 29.3 Å². The van der Waals surface area contributed by atoms with E-state index >= 15 is 0 Å². The molecule has 1 aromatic carbocycles. The Labute approximate surface area is 245 Å². The maximum Gasteiger partial charge on any atom is 0.321 e. The number of esters is 4. The lowest BCUT2D eigenvalue weighted by molar-refractivity contribution is -0.155. The molecule has 7 heteroatoms. The molecule has 0 amide bonds. The number of carbonyl (C=O) groups excluding carboxylic acids is 4. The first-order valence-corrected chi connectivity index (χ1v) is 16.3. The molecule has 2 saturated heterocycles. The quantitative estimate of drug-likeness (QED) is 0.0959. The molecule has 0 saturated carbocycles. The van der Waals surface area contributed by atoms with Gasteiger partial charge in [0.15, 0.2) is 0 Å². The van der Waals surface area contributed by atoms with Gasteiger partial charge < -0.3 is 14.2 Å². The summed E-state index contributed by atoms with van der Waals surface area (Å²) in [6, 6.07) is 5.53. The van der Waals surface area contributed by atoms with E-state index in [0.717, 1.165) is 18.4 Å². The normalized spacial score (nSPS) is 23.3. The maximum absolute atomic E-state index is 12.5. The molecular weight excluding hydrogens is 520 g/mol. The third-order valence-electron chi connectivity index (χ3n) is 9.12. The van der Waals surface area contributed by atoms with Crippen molar-refractivity contribution in [2.24, 2.45) is 11.8 Å². The summed E-state index contributed by atoms with van der Waals surface area (Å²) in [5.74, 6) is -3.96. The molecule has 7 nitrogen and oxygen atoms in total. The summed E-state index contributed by atoms with van der Waals surface area (Å²) in [5.41, 5.74) is 1.46. The molecule has 0 radical (unpaired) electrons. The van der Waals surface area contributed by atoms with Gasteiger partial charge in [0.25, 0.3) is 0 Å². The maximum atomic E-state index is 12.5. The molecule has 226 valence electrons. The Morgan fingerprint density at radius 3 is 1.76 bits per heavy atom. The summed E-state index contributed by atoms with van der Waals surface area (Å²) in [6.07, 6.45) is 21.3. The molecule has 0 spiro atoms. The van der Waals surface area contributed by atoms with Gasteiger partial charge in [-0.3, -0.25) is 19.2 Å². The molecule has 3 aliphatic rings. The summed E-state index contributed by atoms with van der Waals surface area (Å²) >= 11 is 0. The Hall–Kier alpha value is -2.70. The van der Waals surface area contributed by atoms with Gasteiger partial charge >= 0.3 is 23.9 Å². The Morgan fingerprint density at radius 1 is 0.634 bits per heavy atom. The SMILES string of the molecule is CCCCCCCCCCCCCCCCCCOc1ccc2c(c1)C1C(=O)OC(=O)C1CC2C1CC(=O)OC1=O. The first kappa shape index (κ1) is 31.2. The molecule has 1 aromatic rings. The molecule has 2 heterocycles. The fourth-order valence-electron chi connectivity index (χ4n) is 6.79. The topological polar surface area (TPSA) is 96.0 Å². The molecule has 0 bridgehead atoms. The average Bonchev–Trinajstić information content (AvgIpc) is 3.45. The molecule has 4 atom stereocenters. The van der Waals surface area contributed by atoms with Crippen LogP contribution in [0.3, 0.4) is 0 Å². The standard InChI is InChI=1S/C34H48O7/c1-2-3-4-5-6-7-8-9-10-11-12-13-14-15-16-17-20-39-24-18-19-25-26(28-23-30(35)40-32(28)36)22-29-31(27(25)21-24)34(38)41-33(29)37/h18-19,21,26,28-29,31H,2-17,20,22-23H2,1H3. The zero-order chi connectivity index (χ0) is 29.0. The number of hydrogen-bond donors (Lipinski definition) is 0. The lowest BCUT2D eigenvalue weighted by atomic mass is 9.67. The van der Waals surface area contributed by atoms with Crippen LogP contribution in [0.25, 0.3) is 0 Å². The van der Waals surface area contributed by atoms with Gasteiger partial charge in [0.2, 0.25) is 0 Å². The molecular formula is C34H48O7. The first-order chi connectivity index (χ1) is 20.0. The highest BCUT2D eigenvalue weighted by molar-refractivity contribution is 6.01. The van der Waals surface area contributed by atoms with Crippen molar-refractivity contribution in [2.45, 2.75) is 134 Å². The van der Waals surface area contributed by atoms with Gasteiger partial charge in [-0.2, -0.15) is 0 Å². The van der Waals surface area contributed by atoms with Gasteiger partial charge in [-0.05, 0) is 42.0 Å².